The Morgan fingerprint density at radius 3 is 1.76 bits per heavy atom. The van der Waals surface area contributed by atoms with E-state index in [9.17, 15) is 23.1 Å². The van der Waals surface area contributed by atoms with Gasteiger partial charge in [0, 0.05) is 0 Å². The lowest BCUT2D eigenvalue weighted by Crippen LogP contribution is -2.60. The average Bonchev–Trinajstić information content (AvgIpc) is 2.89. The van der Waals surface area contributed by atoms with Crippen molar-refractivity contribution in [2.24, 2.45) is 0 Å². The Balaban J connectivity index is 1.67. The molecule has 0 radical (unpaired) electrons. The second-order valence-electron chi connectivity index (χ2n) is 8.53. The number of aryl methyl sites for hydroxylation is 1. The third kappa shape index (κ3) is 6.23. The molecule has 0 amide bonds. The molecule has 1 fully saturated rings. The van der Waals surface area contributed by atoms with E-state index >= 15 is 0 Å². The van der Waals surface area contributed by atoms with Crippen LogP contribution in [0.1, 0.15) is 33.2 Å². The van der Waals surface area contributed by atoms with Crippen LogP contribution in [0.25, 0.3) is 0 Å². The number of hydrogen-bond acceptors (Lipinski definition) is 9. The van der Waals surface area contributed by atoms with Gasteiger partial charge in [-0.2, -0.15) is 8.42 Å². The predicted molar refractivity (Wildman–Crippen MR) is 131 cm³/mol. The van der Waals surface area contributed by atoms with Gasteiger partial charge >= 0.3 is 11.9 Å². The molecule has 1 aliphatic rings. The molecule has 0 aromatic heterocycles. The molecule has 1 saturated heterocycles. The summed E-state index contributed by atoms with van der Waals surface area (Å²) in [6.07, 6.45) is -7.35. The minimum Gasteiger partial charge on any atom is -0.452 e. The van der Waals surface area contributed by atoms with Gasteiger partial charge in [0.2, 0.25) is 0 Å². The third-order valence-electron chi connectivity index (χ3n) is 5.80. The van der Waals surface area contributed by atoms with Gasteiger partial charge in [-0.3, -0.25) is 4.18 Å². The average molecular weight is 527 g/mol. The Bertz CT molecular complexity index is 1330. The first-order valence-corrected chi connectivity index (χ1v) is 12.9. The van der Waals surface area contributed by atoms with E-state index in [4.69, 9.17) is 18.4 Å². The molecule has 5 atom stereocenters. The van der Waals surface area contributed by atoms with Crippen LogP contribution in [0.5, 0.6) is 0 Å². The lowest BCUT2D eigenvalue weighted by molar-refractivity contribution is -0.271. The number of carbonyl (C=O) groups excluding carboxylic acids is 2. The lowest BCUT2D eigenvalue weighted by atomic mass is 9.99. The summed E-state index contributed by atoms with van der Waals surface area (Å²) < 4.78 is 48.3. The van der Waals surface area contributed by atoms with Crippen LogP contribution in [0.4, 0.5) is 0 Å². The van der Waals surface area contributed by atoms with Crippen LogP contribution in [-0.4, -0.2) is 56.2 Å². The highest BCUT2D eigenvalue weighted by atomic mass is 32.2. The molecule has 9 nitrogen and oxygen atoms in total. The van der Waals surface area contributed by atoms with Crippen LogP contribution in [-0.2, 0) is 28.5 Å². The van der Waals surface area contributed by atoms with Gasteiger partial charge in [0.25, 0.3) is 10.1 Å². The molecule has 0 aliphatic carbocycles. The van der Waals surface area contributed by atoms with Crippen LogP contribution in [0.2, 0.25) is 0 Å². The first kappa shape index (κ1) is 26.5. The zero-order chi connectivity index (χ0) is 26.6. The largest absolute Gasteiger partial charge is 0.452 e. The highest BCUT2D eigenvalue weighted by Gasteiger charge is 2.51. The van der Waals surface area contributed by atoms with Gasteiger partial charge in [-0.1, -0.05) is 54.1 Å². The van der Waals surface area contributed by atoms with E-state index in [0.717, 1.165) is 5.56 Å². The normalized spacial score (nSPS) is 23.7. The topological polar surface area (TPSA) is 125 Å². The summed E-state index contributed by atoms with van der Waals surface area (Å²) >= 11 is 0. The molecule has 1 N–H and O–H groups in total. The van der Waals surface area contributed by atoms with E-state index in [0.29, 0.717) is 0 Å². The summed E-state index contributed by atoms with van der Waals surface area (Å²) in [6.45, 7) is 3.26. The summed E-state index contributed by atoms with van der Waals surface area (Å²) in [4.78, 5) is 25.6. The molecule has 0 unspecified atom stereocenters. The van der Waals surface area contributed by atoms with Crippen LogP contribution >= 0.6 is 0 Å². The van der Waals surface area contributed by atoms with Gasteiger partial charge in [-0.15, -0.1) is 0 Å². The maximum atomic E-state index is 13.1. The molecular formula is C27H26O9S. The lowest BCUT2D eigenvalue weighted by Gasteiger charge is -2.42. The zero-order valence-electron chi connectivity index (χ0n) is 20.1. The minimum atomic E-state index is -4.36. The molecule has 1 aliphatic heterocycles. The molecule has 4 rings (SSSR count). The van der Waals surface area contributed by atoms with Gasteiger partial charge in [-0.05, 0) is 50.2 Å². The van der Waals surface area contributed by atoms with Crippen molar-refractivity contribution >= 4 is 22.1 Å². The van der Waals surface area contributed by atoms with Crippen LogP contribution in [0, 0.1) is 6.92 Å². The second kappa shape index (κ2) is 11.2. The van der Waals surface area contributed by atoms with Crippen LogP contribution < -0.4 is 0 Å². The Hall–Kier alpha value is -3.57. The first-order valence-electron chi connectivity index (χ1n) is 11.5. The summed E-state index contributed by atoms with van der Waals surface area (Å²) in [7, 11) is -4.36. The Kier molecular flexibility index (Phi) is 8.03. The second-order valence-corrected chi connectivity index (χ2v) is 10.1. The predicted octanol–water partition coefficient (Wildman–Crippen LogP) is 3.26. The SMILES string of the molecule is Cc1ccc(S(=O)(=O)O[C@H]2[C@H](OC(=O)c3ccccc3)[C@@H](OC(=O)c3ccccc3)[C@H](O)O[C@@H]2C)cc1. The molecule has 0 spiro atoms. The van der Waals surface area contributed by atoms with Gasteiger partial charge in [0.1, 0.15) is 6.10 Å². The van der Waals surface area contributed by atoms with Crippen molar-refractivity contribution in [1.29, 1.82) is 0 Å². The highest BCUT2D eigenvalue weighted by molar-refractivity contribution is 7.86. The number of esters is 2. The summed E-state index contributed by atoms with van der Waals surface area (Å²) in [6, 6.07) is 21.9. The maximum absolute atomic E-state index is 13.1. The number of carbonyl (C=O) groups is 2. The number of rotatable bonds is 7. The molecule has 0 saturated carbocycles. The Morgan fingerprint density at radius 2 is 1.24 bits per heavy atom. The van der Waals surface area contributed by atoms with Gasteiger partial charge in [0.15, 0.2) is 18.5 Å². The first-order chi connectivity index (χ1) is 17.7. The quantitative estimate of drug-likeness (QED) is 0.365. The molecule has 10 heteroatoms. The van der Waals surface area contributed by atoms with E-state index in [1.165, 1.54) is 43.3 Å². The van der Waals surface area contributed by atoms with E-state index in [1.54, 1.807) is 55.5 Å². The van der Waals surface area contributed by atoms with Gasteiger partial charge in [-0.25, -0.2) is 9.59 Å². The van der Waals surface area contributed by atoms with Crippen molar-refractivity contribution in [1.82, 2.24) is 0 Å². The number of ether oxygens (including phenoxy) is 3. The maximum Gasteiger partial charge on any atom is 0.338 e. The van der Waals surface area contributed by atoms with Crippen molar-refractivity contribution in [2.75, 3.05) is 0 Å². The summed E-state index contributed by atoms with van der Waals surface area (Å²) in [5, 5.41) is 10.7. The fraction of sp³-hybridized carbons (Fsp3) is 0.259. The highest BCUT2D eigenvalue weighted by Crippen LogP contribution is 2.31. The summed E-state index contributed by atoms with van der Waals surface area (Å²) in [5.74, 6) is -1.65. The van der Waals surface area contributed by atoms with E-state index in [1.807, 2.05) is 0 Å². The third-order valence-corrected chi connectivity index (χ3v) is 7.12. The zero-order valence-corrected chi connectivity index (χ0v) is 20.9. The van der Waals surface area contributed by atoms with Crippen molar-refractivity contribution < 1.29 is 41.5 Å². The van der Waals surface area contributed by atoms with Gasteiger partial charge < -0.3 is 19.3 Å². The molecule has 3 aromatic rings. The monoisotopic (exact) mass is 526 g/mol. The van der Waals surface area contributed by atoms with Crippen molar-refractivity contribution in [3.8, 4) is 0 Å². The minimum absolute atomic E-state index is 0.123. The van der Waals surface area contributed by atoms with Crippen LogP contribution in [0.3, 0.4) is 0 Å². The van der Waals surface area contributed by atoms with Crippen molar-refractivity contribution in [3.63, 3.8) is 0 Å². The molecular weight excluding hydrogens is 500 g/mol. The Morgan fingerprint density at radius 1 is 0.757 bits per heavy atom. The smallest absolute Gasteiger partial charge is 0.338 e. The number of benzene rings is 3. The number of hydrogen-bond donors (Lipinski definition) is 1. The molecule has 194 valence electrons. The van der Waals surface area contributed by atoms with Crippen LogP contribution in [0.15, 0.2) is 89.8 Å². The van der Waals surface area contributed by atoms with E-state index in [2.05, 4.69) is 0 Å². The fourth-order valence-electron chi connectivity index (χ4n) is 3.82. The van der Waals surface area contributed by atoms with Crippen molar-refractivity contribution in [2.45, 2.75) is 49.4 Å². The van der Waals surface area contributed by atoms with Crippen molar-refractivity contribution in [3.05, 3.63) is 102 Å². The Labute approximate surface area is 214 Å². The molecule has 37 heavy (non-hydrogen) atoms. The standard InChI is InChI=1S/C27H26O9S/c1-17-13-15-21(16-14-17)37(31,32)36-22-18(2)33-27(30)24(35-26(29)20-11-7-4-8-12-20)23(22)34-25(28)19-9-5-3-6-10-19/h3-16,18,22-24,27,30H,1-2H3/t18-,22-,23+,24-,27-/m1/s1. The number of aliphatic hydroxyl groups is 1. The molecule has 3 aromatic carbocycles. The molecule has 0 bridgehead atoms. The summed E-state index contributed by atoms with van der Waals surface area (Å²) in [5.41, 5.74) is 1.19. The molecule has 1 heterocycles. The van der Waals surface area contributed by atoms with E-state index < -0.39 is 52.8 Å². The number of aliphatic hydroxyl groups excluding tert-OH is 1. The fourth-order valence-corrected chi connectivity index (χ4v) is 4.96. The van der Waals surface area contributed by atoms with Gasteiger partial charge in [0.05, 0.1) is 22.1 Å². The van der Waals surface area contributed by atoms with E-state index in [-0.39, 0.29) is 16.0 Å².